The third kappa shape index (κ3) is 4.61. The number of benzene rings is 3. The molecule has 1 atom stereocenters. The lowest BCUT2D eigenvalue weighted by atomic mass is 9.85. The van der Waals surface area contributed by atoms with Crippen LogP contribution in [0.1, 0.15) is 48.8 Å². The van der Waals surface area contributed by atoms with Crippen LogP contribution in [-0.2, 0) is 26.6 Å². The third-order valence-electron chi connectivity index (χ3n) is 7.03. The van der Waals surface area contributed by atoms with Gasteiger partial charge in [-0.25, -0.2) is 12.8 Å². The van der Waals surface area contributed by atoms with E-state index in [1.807, 2.05) is 0 Å². The van der Waals surface area contributed by atoms with E-state index in [0.717, 1.165) is 12.1 Å². The standard InChI is InChI=1S/C27H26F4O3S/c28-23-12-14-24(15-13-23)35(33,34)25(17-4-5-18-25)21-8-10-22(11-9-21)26(32,27(29,30)31)19-16-20-6-2-1-3-7-20/h1-3,6-15,32H,4-5,16-19H2. The lowest BCUT2D eigenvalue weighted by Crippen LogP contribution is -2.43. The van der Waals surface area contributed by atoms with Crippen molar-refractivity contribution < 1.29 is 31.1 Å². The Balaban J connectivity index is 1.70. The van der Waals surface area contributed by atoms with Crippen molar-refractivity contribution in [3.05, 3.63) is 101 Å². The molecule has 0 bridgehead atoms. The molecule has 4 rings (SSSR count). The minimum Gasteiger partial charge on any atom is -0.376 e. The van der Waals surface area contributed by atoms with Gasteiger partial charge in [-0.2, -0.15) is 13.2 Å². The fraction of sp³-hybridized carbons (Fsp3) is 0.333. The van der Waals surface area contributed by atoms with Gasteiger partial charge >= 0.3 is 6.18 Å². The number of aliphatic hydroxyl groups is 1. The largest absolute Gasteiger partial charge is 0.421 e. The van der Waals surface area contributed by atoms with Gasteiger partial charge in [-0.05, 0) is 66.6 Å². The lowest BCUT2D eigenvalue weighted by molar-refractivity contribution is -0.269. The van der Waals surface area contributed by atoms with E-state index in [2.05, 4.69) is 0 Å². The Labute approximate surface area is 202 Å². The van der Waals surface area contributed by atoms with Gasteiger partial charge < -0.3 is 5.11 Å². The maximum absolute atomic E-state index is 14.0. The van der Waals surface area contributed by atoms with Gasteiger partial charge in [0.25, 0.3) is 0 Å². The second-order valence-electron chi connectivity index (χ2n) is 9.08. The van der Waals surface area contributed by atoms with E-state index >= 15 is 0 Å². The molecule has 3 aromatic rings. The third-order valence-corrected chi connectivity index (χ3v) is 9.59. The molecule has 0 heterocycles. The average molecular weight is 507 g/mol. The van der Waals surface area contributed by atoms with Gasteiger partial charge in [0.1, 0.15) is 10.6 Å². The van der Waals surface area contributed by atoms with Crippen molar-refractivity contribution in [2.45, 2.75) is 59.9 Å². The molecule has 1 aliphatic rings. The highest BCUT2D eigenvalue weighted by molar-refractivity contribution is 7.92. The molecule has 0 aromatic heterocycles. The molecule has 0 aliphatic heterocycles. The SMILES string of the molecule is O=S(=O)(c1ccc(F)cc1)C1(c2ccc(C(O)(CCc3ccccc3)C(F)(F)F)cc2)CCCC1. The summed E-state index contributed by atoms with van der Waals surface area (Å²) < 4.78 is 81.4. The molecule has 0 radical (unpaired) electrons. The fourth-order valence-corrected chi connectivity index (χ4v) is 7.19. The summed E-state index contributed by atoms with van der Waals surface area (Å²) in [4.78, 5) is -0.0282. The van der Waals surface area contributed by atoms with E-state index in [1.165, 1.54) is 36.4 Å². The highest BCUT2D eigenvalue weighted by atomic mass is 32.2. The van der Waals surface area contributed by atoms with Crippen LogP contribution in [0.4, 0.5) is 17.6 Å². The molecular weight excluding hydrogens is 480 g/mol. The molecule has 0 amide bonds. The van der Waals surface area contributed by atoms with E-state index in [4.69, 9.17) is 0 Å². The molecule has 1 saturated carbocycles. The molecule has 1 aliphatic carbocycles. The normalized spacial score (nSPS) is 17.7. The topological polar surface area (TPSA) is 54.4 Å². The number of aryl methyl sites for hydroxylation is 1. The van der Waals surface area contributed by atoms with Crippen molar-refractivity contribution in [1.29, 1.82) is 0 Å². The van der Waals surface area contributed by atoms with Crippen LogP contribution in [0.5, 0.6) is 0 Å². The van der Waals surface area contributed by atoms with Crippen LogP contribution >= 0.6 is 0 Å². The van der Waals surface area contributed by atoms with Gasteiger partial charge in [-0.15, -0.1) is 0 Å². The first kappa shape index (κ1) is 25.4. The quantitative estimate of drug-likeness (QED) is 0.296. The average Bonchev–Trinajstić information content (AvgIpc) is 3.35. The molecule has 1 unspecified atom stereocenters. The van der Waals surface area contributed by atoms with E-state index in [0.29, 0.717) is 36.8 Å². The monoisotopic (exact) mass is 506 g/mol. The van der Waals surface area contributed by atoms with Crippen LogP contribution in [-0.4, -0.2) is 19.7 Å². The molecule has 1 fully saturated rings. The molecule has 0 spiro atoms. The van der Waals surface area contributed by atoms with Crippen LogP contribution in [0.2, 0.25) is 0 Å². The minimum absolute atomic E-state index is 0.0154. The maximum Gasteiger partial charge on any atom is 0.421 e. The zero-order chi connectivity index (χ0) is 25.3. The van der Waals surface area contributed by atoms with E-state index in [-0.39, 0.29) is 16.9 Å². The lowest BCUT2D eigenvalue weighted by Gasteiger charge is -2.33. The number of halogens is 4. The van der Waals surface area contributed by atoms with Crippen molar-refractivity contribution in [1.82, 2.24) is 0 Å². The first-order valence-electron chi connectivity index (χ1n) is 11.4. The minimum atomic E-state index is -4.92. The van der Waals surface area contributed by atoms with Gasteiger partial charge in [0, 0.05) is 0 Å². The van der Waals surface area contributed by atoms with E-state index < -0.39 is 38.6 Å². The number of alkyl halides is 3. The van der Waals surface area contributed by atoms with Crippen LogP contribution in [0.3, 0.4) is 0 Å². The Morgan fingerprint density at radius 2 is 1.40 bits per heavy atom. The van der Waals surface area contributed by atoms with Gasteiger partial charge in [-0.1, -0.05) is 67.4 Å². The predicted octanol–water partition coefficient (Wildman–Crippen LogP) is 6.45. The zero-order valence-corrected chi connectivity index (χ0v) is 19.7. The molecular formula is C27H26F4O3S. The van der Waals surface area contributed by atoms with Crippen LogP contribution < -0.4 is 0 Å². The molecule has 3 nitrogen and oxygen atoms in total. The Hall–Kier alpha value is -2.71. The summed E-state index contributed by atoms with van der Waals surface area (Å²) in [6.45, 7) is 0. The Kier molecular flexibility index (Phi) is 6.81. The van der Waals surface area contributed by atoms with Crippen molar-refractivity contribution >= 4 is 9.84 Å². The number of sulfone groups is 1. The van der Waals surface area contributed by atoms with Crippen LogP contribution in [0.25, 0.3) is 0 Å². The summed E-state index contributed by atoms with van der Waals surface area (Å²) in [5, 5.41) is 10.8. The Morgan fingerprint density at radius 3 is 1.94 bits per heavy atom. The molecule has 35 heavy (non-hydrogen) atoms. The summed E-state index contributed by atoms with van der Waals surface area (Å²) in [5.74, 6) is -0.560. The number of hydrogen-bond donors (Lipinski definition) is 1. The van der Waals surface area contributed by atoms with Gasteiger partial charge in [-0.3, -0.25) is 0 Å². The highest BCUT2D eigenvalue weighted by Crippen LogP contribution is 2.49. The number of hydrogen-bond acceptors (Lipinski definition) is 3. The maximum atomic E-state index is 14.0. The Bertz CT molecular complexity index is 1250. The zero-order valence-electron chi connectivity index (χ0n) is 18.9. The van der Waals surface area contributed by atoms with Crippen molar-refractivity contribution in [3.63, 3.8) is 0 Å². The van der Waals surface area contributed by atoms with Gasteiger partial charge in [0.15, 0.2) is 15.4 Å². The predicted molar refractivity (Wildman–Crippen MR) is 125 cm³/mol. The van der Waals surface area contributed by atoms with Crippen molar-refractivity contribution in [3.8, 4) is 0 Å². The number of rotatable bonds is 7. The summed E-state index contributed by atoms with van der Waals surface area (Å²) in [6.07, 6.45) is -3.57. The molecule has 1 N–H and O–H groups in total. The Morgan fingerprint density at radius 1 is 0.829 bits per heavy atom. The second kappa shape index (κ2) is 9.39. The fourth-order valence-electron chi connectivity index (χ4n) is 4.97. The summed E-state index contributed by atoms with van der Waals surface area (Å²) in [5.41, 5.74) is -2.38. The first-order valence-corrected chi connectivity index (χ1v) is 12.9. The highest BCUT2D eigenvalue weighted by Gasteiger charge is 2.55. The van der Waals surface area contributed by atoms with Crippen LogP contribution in [0.15, 0.2) is 83.8 Å². The van der Waals surface area contributed by atoms with Crippen molar-refractivity contribution in [2.24, 2.45) is 0 Å². The molecule has 0 saturated heterocycles. The first-order chi connectivity index (χ1) is 16.5. The van der Waals surface area contributed by atoms with Crippen molar-refractivity contribution in [2.75, 3.05) is 0 Å². The summed E-state index contributed by atoms with van der Waals surface area (Å²) in [6, 6.07) is 18.3. The summed E-state index contributed by atoms with van der Waals surface area (Å²) >= 11 is 0. The van der Waals surface area contributed by atoms with Gasteiger partial charge in [0.2, 0.25) is 0 Å². The molecule has 3 aromatic carbocycles. The van der Waals surface area contributed by atoms with Crippen LogP contribution in [0, 0.1) is 5.82 Å². The summed E-state index contributed by atoms with van der Waals surface area (Å²) in [7, 11) is -3.94. The van der Waals surface area contributed by atoms with Gasteiger partial charge in [0.05, 0.1) is 4.90 Å². The second-order valence-corrected chi connectivity index (χ2v) is 11.3. The smallest absolute Gasteiger partial charge is 0.376 e. The molecule has 8 heteroatoms. The van der Waals surface area contributed by atoms with E-state index in [1.54, 1.807) is 30.3 Å². The van der Waals surface area contributed by atoms with E-state index in [9.17, 15) is 31.1 Å². The molecule has 186 valence electrons.